The summed E-state index contributed by atoms with van der Waals surface area (Å²) in [6.45, 7) is 0. The molecular weight excluding hydrogens is 272 g/mol. The Bertz CT molecular complexity index is 750. The van der Waals surface area contributed by atoms with Crippen LogP contribution in [0.25, 0.3) is 10.9 Å². The summed E-state index contributed by atoms with van der Waals surface area (Å²) >= 11 is 0. The van der Waals surface area contributed by atoms with Gasteiger partial charge in [-0.2, -0.15) is 5.10 Å². The van der Waals surface area contributed by atoms with Gasteiger partial charge in [-0.25, -0.2) is 0 Å². The van der Waals surface area contributed by atoms with Crippen molar-refractivity contribution in [3.05, 3.63) is 30.0 Å². The highest BCUT2D eigenvalue weighted by atomic mass is 16.2. The Morgan fingerprint density at radius 2 is 2.24 bits per heavy atom. The van der Waals surface area contributed by atoms with E-state index in [1.165, 1.54) is 0 Å². The predicted molar refractivity (Wildman–Crippen MR) is 74.4 cm³/mol. The normalized spacial score (nSPS) is 18.6. The summed E-state index contributed by atoms with van der Waals surface area (Å²) in [6.07, 6.45) is 2.22. The highest BCUT2D eigenvalue weighted by Crippen LogP contribution is 2.18. The lowest BCUT2D eigenvalue weighted by molar-refractivity contribution is -0.134. The van der Waals surface area contributed by atoms with Gasteiger partial charge in [0.1, 0.15) is 6.04 Å². The number of aromatic nitrogens is 2. The van der Waals surface area contributed by atoms with Crippen LogP contribution >= 0.6 is 0 Å². The van der Waals surface area contributed by atoms with E-state index in [0.717, 1.165) is 5.39 Å². The lowest BCUT2D eigenvalue weighted by Gasteiger charge is -2.22. The van der Waals surface area contributed by atoms with Crippen LogP contribution in [0.2, 0.25) is 0 Å². The molecule has 3 rings (SSSR count). The Morgan fingerprint density at radius 1 is 1.43 bits per heavy atom. The number of imide groups is 1. The highest BCUT2D eigenvalue weighted by Gasteiger charge is 2.28. The molecular formula is C14H14N4O3. The van der Waals surface area contributed by atoms with Crippen molar-refractivity contribution in [1.82, 2.24) is 20.4 Å². The lowest BCUT2D eigenvalue weighted by Crippen LogP contribution is -2.52. The van der Waals surface area contributed by atoms with Gasteiger partial charge in [0, 0.05) is 18.9 Å². The number of para-hydroxylation sites is 1. The van der Waals surface area contributed by atoms with Crippen LogP contribution in [0, 0.1) is 0 Å². The zero-order valence-corrected chi connectivity index (χ0v) is 11.4. The monoisotopic (exact) mass is 286 g/mol. The third kappa shape index (κ3) is 2.37. The predicted octanol–water partition coefficient (Wildman–Crippen LogP) is 0.108. The molecule has 0 bridgehead atoms. The van der Waals surface area contributed by atoms with Gasteiger partial charge in [0.2, 0.25) is 11.8 Å². The maximum absolute atomic E-state index is 12.4. The Kier molecular flexibility index (Phi) is 3.17. The summed E-state index contributed by atoms with van der Waals surface area (Å²) in [5, 5.41) is 9.87. The molecule has 1 fully saturated rings. The van der Waals surface area contributed by atoms with Crippen molar-refractivity contribution in [1.29, 1.82) is 0 Å². The average Bonchev–Trinajstić information content (AvgIpc) is 2.84. The topological polar surface area (TPSA) is 93.1 Å². The lowest BCUT2D eigenvalue weighted by atomic mass is 10.0. The number of benzene rings is 1. The van der Waals surface area contributed by atoms with Crippen LogP contribution < -0.4 is 10.6 Å². The van der Waals surface area contributed by atoms with Gasteiger partial charge in [0.25, 0.3) is 5.91 Å². The molecule has 1 saturated heterocycles. The van der Waals surface area contributed by atoms with E-state index in [4.69, 9.17) is 0 Å². The van der Waals surface area contributed by atoms with Crippen molar-refractivity contribution < 1.29 is 14.4 Å². The van der Waals surface area contributed by atoms with Crippen LogP contribution in [0.15, 0.2) is 24.4 Å². The second-order valence-electron chi connectivity index (χ2n) is 4.99. The maximum atomic E-state index is 12.4. The van der Waals surface area contributed by atoms with Crippen molar-refractivity contribution in [2.75, 3.05) is 0 Å². The van der Waals surface area contributed by atoms with Crippen LogP contribution in [0.4, 0.5) is 0 Å². The molecule has 1 aromatic heterocycles. The number of piperidine rings is 1. The average molecular weight is 286 g/mol. The van der Waals surface area contributed by atoms with Crippen molar-refractivity contribution in [2.24, 2.45) is 7.05 Å². The minimum absolute atomic E-state index is 0.229. The number of carbonyl (C=O) groups is 3. The van der Waals surface area contributed by atoms with Gasteiger partial charge in [-0.05, 0) is 12.5 Å². The molecule has 1 unspecified atom stereocenters. The van der Waals surface area contributed by atoms with Crippen LogP contribution in [0.1, 0.15) is 23.2 Å². The quantitative estimate of drug-likeness (QED) is 0.766. The maximum Gasteiger partial charge on any atom is 0.254 e. The van der Waals surface area contributed by atoms with Crippen molar-refractivity contribution in [3.63, 3.8) is 0 Å². The van der Waals surface area contributed by atoms with Crippen LogP contribution in [0.3, 0.4) is 0 Å². The van der Waals surface area contributed by atoms with E-state index < -0.39 is 11.9 Å². The van der Waals surface area contributed by atoms with Crippen LogP contribution in [0.5, 0.6) is 0 Å². The number of rotatable bonds is 2. The Hall–Kier alpha value is -2.70. The van der Waals surface area contributed by atoms with E-state index in [0.29, 0.717) is 17.5 Å². The number of carbonyl (C=O) groups excluding carboxylic acids is 3. The number of amides is 3. The molecule has 1 atom stereocenters. The Balaban J connectivity index is 1.86. The third-order valence-corrected chi connectivity index (χ3v) is 3.55. The molecule has 3 amide bonds. The molecule has 0 aliphatic carbocycles. The number of hydrogen-bond donors (Lipinski definition) is 2. The minimum Gasteiger partial charge on any atom is -0.340 e. The van der Waals surface area contributed by atoms with Gasteiger partial charge >= 0.3 is 0 Å². The molecule has 0 spiro atoms. The fourth-order valence-electron chi connectivity index (χ4n) is 2.48. The van der Waals surface area contributed by atoms with Crippen molar-refractivity contribution >= 4 is 28.6 Å². The Morgan fingerprint density at radius 3 is 3.00 bits per heavy atom. The fraction of sp³-hybridized carbons (Fsp3) is 0.286. The van der Waals surface area contributed by atoms with E-state index in [1.807, 2.05) is 6.07 Å². The van der Waals surface area contributed by atoms with E-state index in [1.54, 1.807) is 30.1 Å². The van der Waals surface area contributed by atoms with Gasteiger partial charge < -0.3 is 5.32 Å². The summed E-state index contributed by atoms with van der Waals surface area (Å²) in [7, 11) is 1.76. The summed E-state index contributed by atoms with van der Waals surface area (Å²) in [6, 6.07) is 4.64. The molecule has 7 heteroatoms. The number of aryl methyl sites for hydroxylation is 1. The second-order valence-corrected chi connectivity index (χ2v) is 4.99. The number of fused-ring (bicyclic) bond motifs is 1. The van der Waals surface area contributed by atoms with Gasteiger partial charge in [-0.1, -0.05) is 12.1 Å². The van der Waals surface area contributed by atoms with Gasteiger partial charge in [0.15, 0.2) is 0 Å². The van der Waals surface area contributed by atoms with Crippen LogP contribution in [-0.2, 0) is 16.6 Å². The van der Waals surface area contributed by atoms with Crippen molar-refractivity contribution in [3.8, 4) is 0 Å². The molecule has 2 N–H and O–H groups in total. The molecule has 108 valence electrons. The number of nitrogens with zero attached hydrogens (tertiary/aromatic N) is 2. The fourth-order valence-corrected chi connectivity index (χ4v) is 2.48. The standard InChI is InChI=1S/C14H14N4O3/c1-18-12-8(7-15-18)3-2-4-9(12)13(20)16-10-5-6-11(19)17-14(10)21/h2-4,7,10H,5-6H2,1H3,(H,16,20)(H,17,19,21). The van der Waals surface area contributed by atoms with Crippen LogP contribution in [-0.4, -0.2) is 33.5 Å². The molecule has 2 aromatic rings. The zero-order valence-electron chi connectivity index (χ0n) is 11.4. The molecule has 1 aliphatic heterocycles. The summed E-state index contributed by atoms with van der Waals surface area (Å²) < 4.78 is 1.62. The SMILES string of the molecule is Cn1ncc2cccc(C(=O)NC3CCC(=O)NC3=O)c21. The highest BCUT2D eigenvalue weighted by molar-refractivity contribution is 6.08. The molecule has 1 aromatic carbocycles. The van der Waals surface area contributed by atoms with E-state index in [2.05, 4.69) is 15.7 Å². The zero-order chi connectivity index (χ0) is 15.0. The third-order valence-electron chi connectivity index (χ3n) is 3.55. The number of hydrogen-bond acceptors (Lipinski definition) is 4. The summed E-state index contributed by atoms with van der Waals surface area (Å²) in [5.74, 6) is -1.12. The molecule has 0 saturated carbocycles. The van der Waals surface area contributed by atoms with E-state index in [-0.39, 0.29) is 18.2 Å². The molecule has 21 heavy (non-hydrogen) atoms. The first-order valence-electron chi connectivity index (χ1n) is 6.61. The minimum atomic E-state index is -0.682. The second kappa shape index (κ2) is 5.01. The molecule has 1 aliphatic rings. The molecule has 0 radical (unpaired) electrons. The number of nitrogens with one attached hydrogen (secondary N) is 2. The molecule has 7 nitrogen and oxygen atoms in total. The Labute approximate surface area is 120 Å². The first-order chi connectivity index (χ1) is 10.1. The first-order valence-corrected chi connectivity index (χ1v) is 6.61. The van der Waals surface area contributed by atoms with Gasteiger partial charge in [-0.15, -0.1) is 0 Å². The molecule has 2 heterocycles. The van der Waals surface area contributed by atoms with E-state index >= 15 is 0 Å². The van der Waals surface area contributed by atoms with Gasteiger partial charge in [-0.3, -0.25) is 24.4 Å². The smallest absolute Gasteiger partial charge is 0.254 e. The van der Waals surface area contributed by atoms with E-state index in [9.17, 15) is 14.4 Å². The summed E-state index contributed by atoms with van der Waals surface area (Å²) in [4.78, 5) is 35.2. The largest absolute Gasteiger partial charge is 0.340 e. The van der Waals surface area contributed by atoms with Crippen molar-refractivity contribution in [2.45, 2.75) is 18.9 Å². The first kappa shape index (κ1) is 13.3. The van der Waals surface area contributed by atoms with Gasteiger partial charge in [0.05, 0.1) is 17.3 Å². The summed E-state index contributed by atoms with van der Waals surface area (Å²) in [5.41, 5.74) is 1.17.